The normalized spacial score (nSPS) is 10.2. The third kappa shape index (κ3) is 3.00. The van der Waals surface area contributed by atoms with Crippen LogP contribution in [0.4, 0.5) is 5.69 Å². The summed E-state index contributed by atoms with van der Waals surface area (Å²) in [6.07, 6.45) is 0. The number of carbonyl (C=O) groups is 1. The van der Waals surface area contributed by atoms with Gasteiger partial charge in [0.2, 0.25) is 0 Å². The highest BCUT2D eigenvalue weighted by Gasteiger charge is 2.22. The highest BCUT2D eigenvalue weighted by Crippen LogP contribution is 2.33. The van der Waals surface area contributed by atoms with Crippen molar-refractivity contribution < 1.29 is 4.79 Å². The molecule has 3 aromatic rings. The van der Waals surface area contributed by atoms with Crippen molar-refractivity contribution >= 4 is 35.1 Å². The number of hydrogen-bond acceptors (Lipinski definition) is 4. The van der Waals surface area contributed by atoms with E-state index in [9.17, 15) is 10.1 Å². The average Bonchev–Trinajstić information content (AvgIpc) is 3.09. The van der Waals surface area contributed by atoms with E-state index in [4.69, 9.17) is 12.2 Å². The van der Waals surface area contributed by atoms with Crippen LogP contribution >= 0.6 is 23.6 Å². The van der Waals surface area contributed by atoms with E-state index in [0.29, 0.717) is 32.7 Å². The van der Waals surface area contributed by atoms with Crippen molar-refractivity contribution in [1.29, 1.82) is 5.26 Å². The smallest absolute Gasteiger partial charge is 0.258 e. The van der Waals surface area contributed by atoms with Crippen molar-refractivity contribution in [1.82, 2.24) is 4.98 Å². The number of benzene rings is 1. The number of nitriles is 1. The second-order valence-electron chi connectivity index (χ2n) is 5.11. The van der Waals surface area contributed by atoms with Gasteiger partial charge in [0.15, 0.2) is 0 Å². The molecule has 0 atom stereocenters. The molecule has 2 heterocycles. The number of hydrogen-bond donors (Lipinski definition) is 2. The van der Waals surface area contributed by atoms with Gasteiger partial charge in [-0.3, -0.25) is 4.79 Å². The molecule has 6 heteroatoms. The summed E-state index contributed by atoms with van der Waals surface area (Å²) in [5, 5.41) is 14.3. The third-order valence-electron chi connectivity index (χ3n) is 3.54. The number of rotatable bonds is 3. The molecule has 4 nitrogen and oxygen atoms in total. The third-order valence-corrected chi connectivity index (χ3v) is 4.73. The molecular weight excluding hydrogens is 338 g/mol. The lowest BCUT2D eigenvalue weighted by molar-refractivity contribution is 0.102. The molecule has 0 saturated heterocycles. The molecule has 0 spiro atoms. The Balaban J connectivity index is 2.19. The van der Waals surface area contributed by atoms with Gasteiger partial charge in [0, 0.05) is 21.8 Å². The minimum atomic E-state index is -0.273. The fraction of sp³-hybridized carbons (Fsp3) is 0.0556. The van der Waals surface area contributed by atoms with Gasteiger partial charge in [-0.2, -0.15) is 5.26 Å². The summed E-state index contributed by atoms with van der Waals surface area (Å²) in [4.78, 5) is 16.7. The van der Waals surface area contributed by atoms with E-state index in [2.05, 4.69) is 16.4 Å². The average molecular weight is 351 g/mol. The number of thiophene rings is 1. The van der Waals surface area contributed by atoms with Gasteiger partial charge < -0.3 is 10.3 Å². The summed E-state index contributed by atoms with van der Waals surface area (Å²) in [5.74, 6) is -0.273. The van der Waals surface area contributed by atoms with E-state index >= 15 is 0 Å². The quantitative estimate of drug-likeness (QED) is 0.659. The van der Waals surface area contributed by atoms with Crippen LogP contribution in [0.3, 0.4) is 0 Å². The summed E-state index contributed by atoms with van der Waals surface area (Å²) in [6, 6.07) is 15.1. The van der Waals surface area contributed by atoms with Crippen LogP contribution in [0.25, 0.3) is 10.4 Å². The number of nitrogens with zero attached hydrogens (tertiary/aromatic N) is 1. The summed E-state index contributed by atoms with van der Waals surface area (Å²) in [5.41, 5.74) is 2.67. The lowest BCUT2D eigenvalue weighted by Crippen LogP contribution is -2.16. The van der Waals surface area contributed by atoms with Crippen molar-refractivity contribution in [2.75, 3.05) is 5.32 Å². The Labute approximate surface area is 148 Å². The van der Waals surface area contributed by atoms with E-state index in [1.807, 2.05) is 47.8 Å². The fourth-order valence-electron chi connectivity index (χ4n) is 2.49. The number of carbonyl (C=O) groups excluding carboxylic acids is 1. The SMILES string of the molecule is Cc1[nH]c(=S)c(C#N)c(-c2cccs2)c1C(=O)Nc1ccccc1. The van der Waals surface area contributed by atoms with Crippen molar-refractivity contribution in [3.63, 3.8) is 0 Å². The van der Waals surface area contributed by atoms with Gasteiger partial charge in [0.1, 0.15) is 10.7 Å². The van der Waals surface area contributed by atoms with Crippen molar-refractivity contribution in [2.45, 2.75) is 6.92 Å². The van der Waals surface area contributed by atoms with E-state index in [-0.39, 0.29) is 5.91 Å². The minimum absolute atomic E-state index is 0.273. The first-order chi connectivity index (χ1) is 11.6. The molecule has 24 heavy (non-hydrogen) atoms. The Bertz CT molecular complexity index is 984. The van der Waals surface area contributed by atoms with Gasteiger partial charge in [0.05, 0.1) is 11.1 Å². The first-order valence-electron chi connectivity index (χ1n) is 7.19. The van der Waals surface area contributed by atoms with Crippen molar-refractivity contribution in [3.05, 3.63) is 69.3 Å². The maximum absolute atomic E-state index is 12.9. The molecule has 1 aromatic carbocycles. The summed E-state index contributed by atoms with van der Waals surface area (Å²) in [7, 11) is 0. The lowest BCUT2D eigenvalue weighted by Gasteiger charge is -2.14. The van der Waals surface area contributed by atoms with Crippen molar-refractivity contribution in [2.24, 2.45) is 0 Å². The van der Waals surface area contributed by atoms with Gasteiger partial charge in [-0.1, -0.05) is 36.5 Å². The number of H-pyrrole nitrogens is 1. The molecule has 2 N–H and O–H groups in total. The van der Waals surface area contributed by atoms with Gasteiger partial charge in [0.25, 0.3) is 5.91 Å². The van der Waals surface area contributed by atoms with Gasteiger partial charge >= 0.3 is 0 Å². The van der Waals surface area contributed by atoms with Gasteiger partial charge in [-0.15, -0.1) is 11.3 Å². The summed E-state index contributed by atoms with van der Waals surface area (Å²) in [6.45, 7) is 1.79. The maximum Gasteiger partial charge on any atom is 0.258 e. The highest BCUT2D eigenvalue weighted by molar-refractivity contribution is 7.71. The van der Waals surface area contributed by atoms with Crippen LogP contribution in [-0.4, -0.2) is 10.9 Å². The van der Waals surface area contributed by atoms with Crippen LogP contribution in [0.2, 0.25) is 0 Å². The molecule has 0 aliphatic rings. The second kappa shape index (κ2) is 6.79. The number of pyridine rings is 1. The molecule has 0 aliphatic carbocycles. The molecule has 0 fully saturated rings. The van der Waals surface area contributed by atoms with Crippen LogP contribution in [-0.2, 0) is 0 Å². The molecule has 0 unspecified atom stereocenters. The predicted molar refractivity (Wildman–Crippen MR) is 98.8 cm³/mol. The molecule has 118 valence electrons. The number of aryl methyl sites for hydroxylation is 1. The Morgan fingerprint density at radius 1 is 1.25 bits per heavy atom. The lowest BCUT2D eigenvalue weighted by atomic mass is 9.99. The number of aromatic amines is 1. The largest absolute Gasteiger partial charge is 0.348 e. The van der Waals surface area contributed by atoms with Gasteiger partial charge in [-0.05, 0) is 30.5 Å². The minimum Gasteiger partial charge on any atom is -0.348 e. The molecule has 0 radical (unpaired) electrons. The summed E-state index contributed by atoms with van der Waals surface area (Å²) < 4.78 is 0.342. The van der Waals surface area contributed by atoms with Crippen LogP contribution in [0, 0.1) is 22.9 Å². The second-order valence-corrected chi connectivity index (χ2v) is 6.47. The zero-order valence-electron chi connectivity index (χ0n) is 12.8. The number of anilines is 1. The molecule has 0 aliphatic heterocycles. The zero-order valence-corrected chi connectivity index (χ0v) is 14.4. The molecular formula is C18H13N3OS2. The van der Waals surface area contributed by atoms with Crippen LogP contribution in [0.1, 0.15) is 21.6 Å². The number of nitrogens with one attached hydrogen (secondary N) is 2. The molecule has 1 amide bonds. The molecule has 0 bridgehead atoms. The monoisotopic (exact) mass is 351 g/mol. The van der Waals surface area contributed by atoms with Crippen LogP contribution in [0.15, 0.2) is 47.8 Å². The van der Waals surface area contributed by atoms with Gasteiger partial charge in [-0.25, -0.2) is 0 Å². The first-order valence-corrected chi connectivity index (χ1v) is 8.48. The molecule has 2 aromatic heterocycles. The standard InChI is InChI=1S/C18H13N3OS2/c1-11-15(17(22)21-12-6-3-2-4-7-12)16(14-8-5-9-24-14)13(10-19)18(23)20-11/h2-9H,1H3,(H,20,23)(H,21,22). The number of aromatic nitrogens is 1. The number of amides is 1. The number of para-hydroxylation sites is 1. The summed E-state index contributed by atoms with van der Waals surface area (Å²) >= 11 is 6.74. The molecule has 0 saturated carbocycles. The van der Waals surface area contributed by atoms with E-state index < -0.39 is 0 Å². The highest BCUT2D eigenvalue weighted by atomic mass is 32.1. The maximum atomic E-state index is 12.9. The Hall–Kier alpha value is -2.75. The molecule has 3 rings (SSSR count). The van der Waals surface area contributed by atoms with E-state index in [1.54, 1.807) is 6.92 Å². The zero-order chi connectivity index (χ0) is 17.1. The van der Waals surface area contributed by atoms with E-state index in [0.717, 1.165) is 4.88 Å². The Morgan fingerprint density at radius 2 is 2.00 bits per heavy atom. The first kappa shape index (κ1) is 16.1. The Morgan fingerprint density at radius 3 is 2.62 bits per heavy atom. The Kier molecular flexibility index (Phi) is 4.56. The van der Waals surface area contributed by atoms with Crippen LogP contribution < -0.4 is 5.32 Å². The topological polar surface area (TPSA) is 68.7 Å². The fourth-order valence-corrected chi connectivity index (χ4v) is 3.58. The van der Waals surface area contributed by atoms with E-state index in [1.165, 1.54) is 11.3 Å². The predicted octanol–water partition coefficient (Wildman–Crippen LogP) is 4.91. The van der Waals surface area contributed by atoms with Crippen LogP contribution in [0.5, 0.6) is 0 Å². The van der Waals surface area contributed by atoms with Crippen molar-refractivity contribution in [3.8, 4) is 16.5 Å².